The van der Waals surface area contributed by atoms with Crippen LogP contribution >= 0.6 is 0 Å². The molecular formula is C58H90O25. The van der Waals surface area contributed by atoms with E-state index in [-0.39, 0.29) is 29.6 Å². The molecule has 25 nitrogen and oxygen atoms in total. The van der Waals surface area contributed by atoms with Gasteiger partial charge in [-0.2, -0.15) is 0 Å². The van der Waals surface area contributed by atoms with E-state index in [1.165, 1.54) is 6.92 Å². The Labute approximate surface area is 482 Å². The van der Waals surface area contributed by atoms with Crippen molar-refractivity contribution in [2.24, 2.45) is 50.2 Å². The van der Waals surface area contributed by atoms with Crippen LogP contribution in [0.5, 0.6) is 0 Å². The Kier molecular flexibility index (Phi) is 17.4. The summed E-state index contributed by atoms with van der Waals surface area (Å²) in [5.74, 6) is -3.60. The first-order valence-electron chi connectivity index (χ1n) is 29.7. The van der Waals surface area contributed by atoms with Gasteiger partial charge in [-0.3, -0.25) is 14.4 Å². The van der Waals surface area contributed by atoms with E-state index in [0.29, 0.717) is 51.4 Å². The van der Waals surface area contributed by atoms with Crippen LogP contribution in [0.3, 0.4) is 0 Å². The molecule has 0 amide bonds. The molecule has 17 aliphatic rings. The molecule has 25 heteroatoms. The summed E-state index contributed by atoms with van der Waals surface area (Å²) in [4.78, 5) is 42.0. The van der Waals surface area contributed by atoms with Crippen LogP contribution in [0.4, 0.5) is 0 Å². The van der Waals surface area contributed by atoms with Crippen LogP contribution in [0.2, 0.25) is 0 Å². The number of rotatable bonds is 2. The summed E-state index contributed by atoms with van der Waals surface area (Å²) in [5, 5.41) is 136. The molecule has 12 bridgehead atoms. The van der Waals surface area contributed by atoms with Crippen molar-refractivity contribution in [3.8, 4) is 0 Å². The highest BCUT2D eigenvalue weighted by Gasteiger charge is 2.72. The molecule has 17 rings (SSSR count). The highest BCUT2D eigenvalue weighted by molar-refractivity contribution is 5.79. The highest BCUT2D eigenvalue weighted by atomic mass is 16.8. The van der Waals surface area contributed by atoms with E-state index < -0.39 is 213 Å². The number of carbonyl (C=O) groups is 3. The molecule has 1 spiro atoms. The van der Waals surface area contributed by atoms with Gasteiger partial charge < -0.3 is 109 Å². The standard InChI is InChI=1S/C58H90O25/c1-25-43-40(69)42(71)48(76-25)81-44-36(65)29(62)22-74-49(44)83-51(72)58-15-13-52(2,3)17-27(58)26-9-10-33-54(5)18-28(61)46(55(6,24-60)32(54)11-12-57(33,8)56(26,7)14-16-58)82-50-45(39(68)37(66)30(21-59)78-50)80-47-41(70)38(67)31(23-75-47)77-34(63)19-53(4,73)20-35(64)79-43/h9,25,27-33,36-50,59-62,65-71,73H,10-24H2,1-8H3/t25-,27-,28-,29-,30+,31-,32+,33+,36-,37+,38-,39-,40-,41+,42+,43-,44+,45+,46-,47-,48-,49-,50-,53?,54-,55-,56+,57+,58-/m0/s1. The maximum Gasteiger partial charge on any atom is 0.315 e. The third-order valence-electron chi connectivity index (χ3n) is 22.2. The minimum absolute atomic E-state index is 0.0735. The molecule has 29 atom stereocenters. The molecule has 4 saturated carbocycles. The molecular weight excluding hydrogens is 1100 g/mol. The number of esters is 3. The maximum atomic E-state index is 15.4. The minimum Gasteiger partial charge on any atom is -0.457 e. The predicted molar refractivity (Wildman–Crippen MR) is 280 cm³/mol. The smallest absolute Gasteiger partial charge is 0.315 e. The SMILES string of the molecule is C[C@@H]1O[C@H]2O[C@H]3[C@@H](OC[C@H](O)[C@@H]3O)OC(=O)[C@]34CCC(C)(C)C[C@H]3C3=CC[C@@H]5[C@@]6(C)C[C@H](O)[C@H](O[C@@H]7O[C@H](CO)[C@@H](O)[C@H](O)[C@H]7O[C@@H]7OC[C@H](OC(=O)CC(C)(O)CC(=O)O[C@@H]1[C@@H](O)[C@H]2O)[C@H](O)[C@H]7O)[C@@](C)(CO)[C@@H]6CC[C@@]5(C)[C@]3(C)CC4. The van der Waals surface area contributed by atoms with Gasteiger partial charge in [0, 0.05) is 5.41 Å². The van der Waals surface area contributed by atoms with Gasteiger partial charge in [0.05, 0.1) is 68.6 Å². The molecule has 472 valence electrons. The largest absolute Gasteiger partial charge is 0.457 e. The molecule has 0 aromatic carbocycles. The molecule has 0 radical (unpaired) electrons. The zero-order valence-corrected chi connectivity index (χ0v) is 48.6. The number of aliphatic hydroxyl groups excluding tert-OH is 11. The fourth-order valence-electron chi connectivity index (χ4n) is 17.3. The normalized spacial score (nSPS) is 54.3. The summed E-state index contributed by atoms with van der Waals surface area (Å²) in [6.45, 7) is 13.1. The second kappa shape index (κ2) is 22.8. The van der Waals surface area contributed by atoms with Gasteiger partial charge in [-0.1, -0.05) is 53.2 Å². The molecule has 83 heavy (non-hydrogen) atoms. The van der Waals surface area contributed by atoms with Crippen LogP contribution in [-0.4, -0.2) is 234 Å². The van der Waals surface area contributed by atoms with Crippen molar-refractivity contribution in [2.75, 3.05) is 26.4 Å². The van der Waals surface area contributed by atoms with Gasteiger partial charge in [0.25, 0.3) is 0 Å². The molecule has 7 saturated heterocycles. The van der Waals surface area contributed by atoms with Crippen molar-refractivity contribution in [3.05, 3.63) is 11.6 Å². The average Bonchev–Trinajstić information content (AvgIpc) is 0.902. The summed E-state index contributed by atoms with van der Waals surface area (Å²) in [5.41, 5.74) is -5.08. The summed E-state index contributed by atoms with van der Waals surface area (Å²) in [6.07, 6.45) is -28.1. The molecule has 11 fully saturated rings. The zero-order valence-electron chi connectivity index (χ0n) is 48.6. The number of allylic oxidation sites excluding steroid dienone is 2. The van der Waals surface area contributed by atoms with Crippen molar-refractivity contribution < 1.29 is 123 Å². The zero-order chi connectivity index (χ0) is 60.5. The first kappa shape index (κ1) is 63.4. The van der Waals surface area contributed by atoms with E-state index in [4.69, 9.17) is 47.4 Å². The Morgan fingerprint density at radius 2 is 1.20 bits per heavy atom. The van der Waals surface area contributed by atoms with Gasteiger partial charge in [0.2, 0.25) is 6.29 Å². The molecule has 0 aromatic heterocycles. The van der Waals surface area contributed by atoms with Gasteiger partial charge in [0.1, 0.15) is 61.0 Å². The molecule has 0 aromatic rings. The van der Waals surface area contributed by atoms with Gasteiger partial charge in [-0.15, -0.1) is 0 Å². The van der Waals surface area contributed by atoms with Crippen molar-refractivity contribution in [3.63, 3.8) is 0 Å². The first-order valence-corrected chi connectivity index (χ1v) is 29.7. The first-order chi connectivity index (χ1) is 38.8. The third kappa shape index (κ3) is 10.7. The number of carbonyl (C=O) groups excluding carboxylic acids is 3. The van der Waals surface area contributed by atoms with Crippen molar-refractivity contribution in [1.82, 2.24) is 0 Å². The van der Waals surface area contributed by atoms with Crippen molar-refractivity contribution in [1.29, 1.82) is 0 Å². The van der Waals surface area contributed by atoms with Crippen LogP contribution in [0.15, 0.2) is 11.6 Å². The minimum atomic E-state index is -2.19. The topological polar surface area (TPSA) is 386 Å². The van der Waals surface area contributed by atoms with Crippen LogP contribution in [0, 0.1) is 50.2 Å². The Morgan fingerprint density at radius 3 is 1.89 bits per heavy atom. The summed E-state index contributed by atoms with van der Waals surface area (Å²) in [6, 6.07) is 0. The van der Waals surface area contributed by atoms with E-state index in [9.17, 15) is 70.9 Å². The fourth-order valence-corrected chi connectivity index (χ4v) is 17.3. The number of aliphatic hydroxyl groups is 12. The van der Waals surface area contributed by atoms with Crippen LogP contribution in [-0.2, 0) is 61.8 Å². The van der Waals surface area contributed by atoms with Crippen molar-refractivity contribution >= 4 is 17.9 Å². The van der Waals surface area contributed by atoms with Gasteiger partial charge >= 0.3 is 17.9 Å². The van der Waals surface area contributed by atoms with Crippen molar-refractivity contribution in [2.45, 2.75) is 254 Å². The lowest BCUT2D eigenvalue weighted by Gasteiger charge is -2.72. The van der Waals surface area contributed by atoms with Gasteiger partial charge in [-0.25, -0.2) is 0 Å². The Balaban J connectivity index is 0.999. The second-order valence-electron chi connectivity index (χ2n) is 28.1. The fraction of sp³-hybridized carbons (Fsp3) is 0.914. The van der Waals surface area contributed by atoms with E-state index in [0.717, 1.165) is 12.5 Å². The van der Waals surface area contributed by atoms with E-state index in [1.807, 2.05) is 6.92 Å². The monoisotopic (exact) mass is 1190 g/mol. The summed E-state index contributed by atoms with van der Waals surface area (Å²) in [7, 11) is 0. The quantitative estimate of drug-likeness (QED) is 0.0673. The van der Waals surface area contributed by atoms with Gasteiger partial charge in [0.15, 0.2) is 37.2 Å². The summed E-state index contributed by atoms with van der Waals surface area (Å²) >= 11 is 0. The Morgan fingerprint density at radius 1 is 0.578 bits per heavy atom. The lowest BCUT2D eigenvalue weighted by molar-refractivity contribution is -0.377. The molecule has 12 heterocycles. The lowest BCUT2D eigenvalue weighted by Crippen LogP contribution is -2.70. The lowest BCUT2D eigenvalue weighted by atomic mass is 9.33. The second-order valence-corrected chi connectivity index (χ2v) is 28.1. The number of hydrogen-bond donors (Lipinski definition) is 12. The van der Waals surface area contributed by atoms with Crippen LogP contribution < -0.4 is 0 Å². The molecule has 1 unspecified atom stereocenters. The van der Waals surface area contributed by atoms with Gasteiger partial charge in [-0.05, 0) is 111 Å². The summed E-state index contributed by atoms with van der Waals surface area (Å²) < 4.78 is 59.8. The van der Waals surface area contributed by atoms with Crippen LogP contribution in [0.1, 0.15) is 126 Å². The van der Waals surface area contributed by atoms with Crippen LogP contribution in [0.25, 0.3) is 0 Å². The molecule has 12 aliphatic heterocycles. The maximum absolute atomic E-state index is 15.4. The Bertz CT molecular complexity index is 2430. The van der Waals surface area contributed by atoms with E-state index in [1.54, 1.807) is 0 Å². The highest BCUT2D eigenvalue weighted by Crippen LogP contribution is 2.76. The number of hydrogen-bond acceptors (Lipinski definition) is 25. The molecule has 5 aliphatic carbocycles. The third-order valence-corrected chi connectivity index (χ3v) is 22.2. The predicted octanol–water partition coefficient (Wildman–Crippen LogP) is -1.14. The van der Waals surface area contributed by atoms with E-state index >= 15 is 4.79 Å². The average molecular weight is 1190 g/mol. The molecule has 12 N–H and O–H groups in total. The number of ether oxygens (including phenoxy) is 10. The van der Waals surface area contributed by atoms with E-state index in [2.05, 4.69) is 40.7 Å². The Hall–Kier alpha value is -2.61.